The first-order valence-electron chi connectivity index (χ1n) is 11.3. The van der Waals surface area contributed by atoms with Gasteiger partial charge in [-0.15, -0.1) is 0 Å². The number of benzene rings is 2. The minimum absolute atomic E-state index is 0.119. The number of aromatic amines is 1. The molecule has 0 bridgehead atoms. The fourth-order valence-electron chi connectivity index (χ4n) is 4.33. The lowest BCUT2D eigenvalue weighted by molar-refractivity contribution is 0.437. The van der Waals surface area contributed by atoms with E-state index >= 15 is 0 Å². The molecule has 1 saturated heterocycles. The van der Waals surface area contributed by atoms with Crippen LogP contribution in [0, 0.1) is 5.82 Å². The van der Waals surface area contributed by atoms with E-state index in [-0.39, 0.29) is 11.9 Å². The molecule has 2 aromatic carbocycles. The van der Waals surface area contributed by atoms with Crippen LogP contribution in [0.3, 0.4) is 0 Å². The zero-order chi connectivity index (χ0) is 24.6. The summed E-state index contributed by atoms with van der Waals surface area (Å²) in [6.45, 7) is 1.34. The molecule has 11 heteroatoms. The van der Waals surface area contributed by atoms with Crippen LogP contribution in [0.25, 0.3) is 33.3 Å². The van der Waals surface area contributed by atoms with Gasteiger partial charge in [-0.05, 0) is 54.8 Å². The molecule has 1 aliphatic heterocycles. The molecule has 2 N–H and O–H groups in total. The lowest BCUT2D eigenvalue weighted by atomic mass is 10.00. The van der Waals surface area contributed by atoms with Crippen LogP contribution in [-0.2, 0) is 10.2 Å². The summed E-state index contributed by atoms with van der Waals surface area (Å²) in [6.07, 6.45) is 4.66. The van der Waals surface area contributed by atoms with Crippen LogP contribution in [-0.4, -0.2) is 66.1 Å². The number of anilines is 1. The van der Waals surface area contributed by atoms with E-state index < -0.39 is 10.2 Å². The number of piperidine rings is 1. The molecule has 0 aliphatic carbocycles. The van der Waals surface area contributed by atoms with Gasteiger partial charge in [0.2, 0.25) is 0 Å². The van der Waals surface area contributed by atoms with Gasteiger partial charge in [0.15, 0.2) is 0 Å². The van der Waals surface area contributed by atoms with E-state index in [0.717, 1.165) is 39.1 Å². The summed E-state index contributed by atoms with van der Waals surface area (Å²) in [5.74, 6) is 0.526. The van der Waals surface area contributed by atoms with E-state index in [9.17, 15) is 12.8 Å². The maximum Gasteiger partial charge on any atom is 0.279 e. The van der Waals surface area contributed by atoms with Crippen molar-refractivity contribution in [3.63, 3.8) is 0 Å². The number of H-pyrrole nitrogens is 1. The Morgan fingerprint density at radius 1 is 1.06 bits per heavy atom. The van der Waals surface area contributed by atoms with E-state index in [1.54, 1.807) is 24.7 Å². The highest BCUT2D eigenvalue weighted by Gasteiger charge is 2.26. The molecule has 2 aromatic heterocycles. The highest BCUT2D eigenvalue weighted by atomic mass is 32.2. The summed E-state index contributed by atoms with van der Waals surface area (Å²) in [5.41, 5.74) is 4.30. The minimum Gasteiger partial charge on any atom is -0.356 e. The molecule has 35 heavy (non-hydrogen) atoms. The third-order valence-corrected chi connectivity index (χ3v) is 7.88. The highest BCUT2D eigenvalue weighted by Crippen LogP contribution is 2.34. The summed E-state index contributed by atoms with van der Waals surface area (Å²) in [7, 11) is -0.430. The van der Waals surface area contributed by atoms with Gasteiger partial charge in [-0.2, -0.15) is 22.5 Å². The van der Waals surface area contributed by atoms with E-state index in [2.05, 4.69) is 29.8 Å². The van der Waals surface area contributed by atoms with E-state index in [1.807, 2.05) is 18.2 Å². The van der Waals surface area contributed by atoms with E-state index in [4.69, 9.17) is 0 Å². The van der Waals surface area contributed by atoms with Crippen molar-refractivity contribution in [3.05, 3.63) is 60.8 Å². The second-order valence-corrected chi connectivity index (χ2v) is 10.7. The maximum absolute atomic E-state index is 13.4. The Kier molecular flexibility index (Phi) is 6.22. The molecule has 9 nitrogen and oxygen atoms in total. The summed E-state index contributed by atoms with van der Waals surface area (Å²) < 4.78 is 41.7. The number of hydrogen-bond donors (Lipinski definition) is 2. The summed E-state index contributed by atoms with van der Waals surface area (Å²) in [6, 6.07) is 12.2. The van der Waals surface area contributed by atoms with Crippen LogP contribution in [0.2, 0.25) is 0 Å². The molecule has 1 aliphatic rings. The Morgan fingerprint density at radius 3 is 2.49 bits per heavy atom. The third-order valence-electron chi connectivity index (χ3n) is 6.29. The average molecular weight is 496 g/mol. The first-order valence-corrected chi connectivity index (χ1v) is 12.7. The van der Waals surface area contributed by atoms with Crippen molar-refractivity contribution in [2.45, 2.75) is 18.9 Å². The normalized spacial score (nSPS) is 15.3. The molecule has 0 amide bonds. The fourth-order valence-corrected chi connectivity index (χ4v) is 5.20. The molecule has 182 valence electrons. The topological polar surface area (TPSA) is 107 Å². The Labute approximate surface area is 203 Å². The van der Waals surface area contributed by atoms with Gasteiger partial charge in [0.05, 0.1) is 17.4 Å². The Morgan fingerprint density at radius 2 is 1.77 bits per heavy atom. The van der Waals surface area contributed by atoms with Gasteiger partial charge in [0, 0.05) is 49.7 Å². The minimum atomic E-state index is -3.47. The molecule has 1 fully saturated rings. The van der Waals surface area contributed by atoms with Gasteiger partial charge in [0.25, 0.3) is 10.2 Å². The van der Waals surface area contributed by atoms with Crippen molar-refractivity contribution < 1.29 is 12.8 Å². The number of hydrogen-bond acceptors (Lipinski definition) is 6. The number of halogens is 1. The maximum atomic E-state index is 13.4. The first-order chi connectivity index (χ1) is 16.8. The quantitative estimate of drug-likeness (QED) is 0.426. The van der Waals surface area contributed by atoms with Gasteiger partial charge in [-0.1, -0.05) is 6.07 Å². The van der Waals surface area contributed by atoms with Gasteiger partial charge < -0.3 is 4.90 Å². The van der Waals surface area contributed by atoms with Crippen molar-refractivity contribution in [1.82, 2.24) is 29.2 Å². The van der Waals surface area contributed by atoms with E-state index in [0.29, 0.717) is 25.9 Å². The van der Waals surface area contributed by atoms with Crippen molar-refractivity contribution in [2.24, 2.45) is 0 Å². The molecule has 5 rings (SSSR count). The monoisotopic (exact) mass is 495 g/mol. The smallest absolute Gasteiger partial charge is 0.279 e. The van der Waals surface area contributed by atoms with Crippen molar-refractivity contribution in [1.29, 1.82) is 0 Å². The number of fused-ring (bicyclic) bond motifs is 1. The lowest BCUT2D eigenvalue weighted by Crippen LogP contribution is -2.48. The third kappa shape index (κ3) is 4.75. The number of rotatable bonds is 6. The summed E-state index contributed by atoms with van der Waals surface area (Å²) in [4.78, 5) is 11.2. The molecule has 0 radical (unpaired) electrons. The molecular weight excluding hydrogens is 469 g/mol. The first kappa shape index (κ1) is 23.3. The molecule has 3 heterocycles. The highest BCUT2D eigenvalue weighted by molar-refractivity contribution is 7.87. The van der Waals surface area contributed by atoms with Gasteiger partial charge >= 0.3 is 0 Å². The largest absolute Gasteiger partial charge is 0.356 e. The molecular formula is C24H26FN7O2S. The van der Waals surface area contributed by atoms with Gasteiger partial charge in [-0.3, -0.25) is 5.10 Å². The van der Waals surface area contributed by atoms with Crippen LogP contribution in [0.1, 0.15) is 12.8 Å². The van der Waals surface area contributed by atoms with Crippen LogP contribution in [0.4, 0.5) is 10.2 Å². The second-order valence-electron chi connectivity index (χ2n) is 8.76. The zero-order valence-electron chi connectivity index (χ0n) is 19.4. The Balaban J connectivity index is 1.43. The average Bonchev–Trinajstić information content (AvgIpc) is 3.34. The standard InChI is InChI=1S/C24H26FN7O2S/c1-31(2)35(33,34)30-19-9-11-32(12-10-19)24-20-13-17(5-8-22(20)26-15-27-24)21-14-28-29-23(21)16-3-6-18(25)7-4-16/h3-8,13-15,19,30H,9-12H2,1-2H3,(H,28,29). The van der Waals surface area contributed by atoms with Crippen molar-refractivity contribution in [3.8, 4) is 22.4 Å². The zero-order valence-corrected chi connectivity index (χ0v) is 20.3. The Bertz CT molecular complexity index is 1450. The number of nitrogens with zero attached hydrogens (tertiary/aromatic N) is 5. The predicted octanol–water partition coefficient (Wildman–Crippen LogP) is 3.19. The van der Waals surface area contributed by atoms with Gasteiger partial charge in [0.1, 0.15) is 18.0 Å². The van der Waals surface area contributed by atoms with Gasteiger partial charge in [-0.25, -0.2) is 14.4 Å². The molecule has 0 atom stereocenters. The van der Waals surface area contributed by atoms with Crippen LogP contribution >= 0.6 is 0 Å². The molecule has 0 saturated carbocycles. The molecule has 0 spiro atoms. The van der Waals surface area contributed by atoms with Crippen LogP contribution in [0.15, 0.2) is 55.0 Å². The number of aromatic nitrogens is 4. The van der Waals surface area contributed by atoms with Crippen molar-refractivity contribution in [2.75, 3.05) is 32.1 Å². The fraction of sp³-hybridized carbons (Fsp3) is 0.292. The van der Waals surface area contributed by atoms with E-state index in [1.165, 1.54) is 30.5 Å². The Hall–Kier alpha value is -3.41. The second kappa shape index (κ2) is 9.33. The predicted molar refractivity (Wildman–Crippen MR) is 133 cm³/mol. The van der Waals surface area contributed by atoms with Crippen LogP contribution < -0.4 is 9.62 Å². The number of nitrogens with one attached hydrogen (secondary N) is 2. The van der Waals surface area contributed by atoms with Crippen molar-refractivity contribution >= 4 is 26.9 Å². The molecule has 4 aromatic rings. The molecule has 0 unspecified atom stereocenters. The lowest BCUT2D eigenvalue weighted by Gasteiger charge is -2.33. The SMILES string of the molecule is CN(C)S(=O)(=O)NC1CCN(c2ncnc3ccc(-c4cn[nH]c4-c4ccc(F)cc4)cc23)CC1. The summed E-state index contributed by atoms with van der Waals surface area (Å²) in [5, 5.41) is 8.15. The summed E-state index contributed by atoms with van der Waals surface area (Å²) >= 11 is 0. The van der Waals surface area contributed by atoms with Crippen LogP contribution in [0.5, 0.6) is 0 Å².